The van der Waals surface area contributed by atoms with E-state index in [4.69, 9.17) is 11.6 Å². The maximum absolute atomic E-state index is 10.5. The maximum Gasteiger partial charge on any atom is 1.00 e. The van der Waals surface area contributed by atoms with Crippen LogP contribution in [-0.2, 0) is 11.2 Å². The van der Waals surface area contributed by atoms with Crippen LogP contribution in [0.1, 0.15) is 76.7 Å². The van der Waals surface area contributed by atoms with Crippen molar-refractivity contribution in [2.75, 3.05) is 5.75 Å². The molecule has 0 spiro atoms. The van der Waals surface area contributed by atoms with Gasteiger partial charge in [-0.2, -0.15) is 0 Å². The summed E-state index contributed by atoms with van der Waals surface area (Å²) in [6.07, 6.45) is 14.3. The van der Waals surface area contributed by atoms with Crippen LogP contribution in [0.4, 0.5) is 0 Å². The molecule has 0 radical (unpaired) electrons. The average molecular weight is 393 g/mol. The molecule has 1 rings (SSSR count). The second kappa shape index (κ2) is 16.5. The van der Waals surface area contributed by atoms with Crippen LogP contribution in [0.25, 0.3) is 0 Å². The fraction of sp³-hybridized carbons (Fsp3) is 0.650. The van der Waals surface area contributed by atoms with Crippen LogP contribution in [0.5, 0.6) is 0 Å². The van der Waals surface area contributed by atoms with E-state index in [0.717, 1.165) is 21.9 Å². The number of carbonyl (C=O) groups is 1. The van der Waals surface area contributed by atoms with E-state index in [1.165, 1.54) is 76.0 Å². The Labute approximate surface area is 184 Å². The Morgan fingerprint density at radius 2 is 1.56 bits per heavy atom. The number of aliphatic carboxylic acids is 1. The van der Waals surface area contributed by atoms with E-state index in [2.05, 4.69) is 6.92 Å². The van der Waals surface area contributed by atoms with Gasteiger partial charge in [-0.15, -0.1) is 11.8 Å². The summed E-state index contributed by atoms with van der Waals surface area (Å²) in [4.78, 5) is 11.4. The monoisotopic (exact) mass is 392 g/mol. The first kappa shape index (κ1) is 25.3. The van der Waals surface area contributed by atoms with E-state index in [-0.39, 0.29) is 35.3 Å². The molecule has 25 heavy (non-hydrogen) atoms. The average Bonchev–Trinajstić information content (AvgIpc) is 2.56. The first-order valence-corrected chi connectivity index (χ1v) is 10.6. The van der Waals surface area contributed by atoms with E-state index < -0.39 is 5.97 Å². The SMILES string of the molecule is CCCCCCCCCCCCc1ccc(SCC(=O)[O-])cc1Cl.[Na+]. The quantitative estimate of drug-likeness (QED) is 0.277. The van der Waals surface area contributed by atoms with Crippen molar-refractivity contribution in [3.63, 3.8) is 0 Å². The van der Waals surface area contributed by atoms with Gasteiger partial charge in [0.1, 0.15) is 0 Å². The molecule has 0 aliphatic carbocycles. The number of carboxylic acids is 1. The largest absolute Gasteiger partial charge is 1.00 e. The molecule has 5 heteroatoms. The second-order valence-electron chi connectivity index (χ2n) is 6.35. The number of hydrogen-bond acceptors (Lipinski definition) is 3. The molecule has 0 saturated heterocycles. The third-order valence-electron chi connectivity index (χ3n) is 4.18. The van der Waals surface area contributed by atoms with Gasteiger partial charge in [0, 0.05) is 15.7 Å². The molecule has 0 saturated carbocycles. The molecule has 0 aromatic heterocycles. The molecule has 1 aromatic carbocycles. The van der Waals surface area contributed by atoms with Gasteiger partial charge in [-0.1, -0.05) is 82.4 Å². The summed E-state index contributed by atoms with van der Waals surface area (Å²) in [6, 6.07) is 5.83. The molecule has 0 heterocycles. The minimum atomic E-state index is -1.05. The Balaban J connectivity index is 0.00000576. The molecular formula is C20H30ClNaO2S. The number of halogens is 1. The van der Waals surface area contributed by atoms with E-state index in [1.807, 2.05) is 18.2 Å². The fourth-order valence-corrected chi connectivity index (χ4v) is 3.76. The predicted molar refractivity (Wildman–Crippen MR) is 103 cm³/mol. The first-order valence-electron chi connectivity index (χ1n) is 9.24. The number of carbonyl (C=O) groups excluding carboxylic acids is 1. The van der Waals surface area contributed by atoms with E-state index >= 15 is 0 Å². The van der Waals surface area contributed by atoms with Gasteiger partial charge in [0.05, 0.1) is 5.97 Å². The number of aryl methyl sites for hydroxylation is 1. The van der Waals surface area contributed by atoms with Crippen molar-refractivity contribution in [1.82, 2.24) is 0 Å². The number of benzene rings is 1. The standard InChI is InChI=1S/C20H31ClO2S.Na/c1-2-3-4-5-6-7-8-9-10-11-12-17-13-14-18(15-19(17)21)24-16-20(22)23;/h13-15H,2-12,16H2,1H3,(H,22,23);/q;+1/p-1. The first-order chi connectivity index (χ1) is 11.6. The van der Waals surface area contributed by atoms with E-state index in [1.54, 1.807) is 0 Å². The molecule has 0 unspecified atom stereocenters. The Kier molecular flexibility index (Phi) is 16.7. The van der Waals surface area contributed by atoms with E-state index in [9.17, 15) is 9.90 Å². The predicted octanol–water partition coefficient (Wildman–Crippen LogP) is 2.65. The Morgan fingerprint density at radius 3 is 2.08 bits per heavy atom. The van der Waals surface area contributed by atoms with Crippen molar-refractivity contribution in [2.45, 2.75) is 82.4 Å². The van der Waals surface area contributed by atoms with Crippen LogP contribution in [0, 0.1) is 0 Å². The zero-order chi connectivity index (χ0) is 17.6. The van der Waals surface area contributed by atoms with Crippen LogP contribution >= 0.6 is 23.4 Å². The van der Waals surface area contributed by atoms with Crippen LogP contribution in [0.2, 0.25) is 5.02 Å². The fourth-order valence-electron chi connectivity index (χ4n) is 2.77. The van der Waals surface area contributed by atoms with Crippen LogP contribution < -0.4 is 34.7 Å². The van der Waals surface area contributed by atoms with Crippen molar-refractivity contribution in [3.05, 3.63) is 28.8 Å². The van der Waals surface area contributed by atoms with Crippen molar-refractivity contribution in [3.8, 4) is 0 Å². The van der Waals surface area contributed by atoms with Crippen LogP contribution in [0.15, 0.2) is 23.1 Å². The summed E-state index contributed by atoms with van der Waals surface area (Å²) in [5.74, 6) is -1.08. The molecule has 0 amide bonds. The maximum atomic E-state index is 10.5. The minimum Gasteiger partial charge on any atom is -0.549 e. The van der Waals surface area contributed by atoms with Gasteiger partial charge in [-0.3, -0.25) is 0 Å². The van der Waals surface area contributed by atoms with Gasteiger partial charge in [0.15, 0.2) is 0 Å². The molecule has 0 atom stereocenters. The number of hydrogen-bond donors (Lipinski definition) is 0. The number of rotatable bonds is 14. The summed E-state index contributed by atoms with van der Waals surface area (Å²) in [5, 5.41) is 11.2. The molecule has 2 nitrogen and oxygen atoms in total. The van der Waals surface area contributed by atoms with Crippen LogP contribution in [-0.4, -0.2) is 11.7 Å². The third-order valence-corrected chi connectivity index (χ3v) is 5.50. The normalized spacial score (nSPS) is 10.5. The second-order valence-corrected chi connectivity index (χ2v) is 7.80. The smallest absolute Gasteiger partial charge is 0.549 e. The molecule has 0 aliphatic rings. The van der Waals surface area contributed by atoms with Gasteiger partial charge in [0.25, 0.3) is 0 Å². The van der Waals surface area contributed by atoms with Gasteiger partial charge in [0.2, 0.25) is 0 Å². The minimum absolute atomic E-state index is 0. The topological polar surface area (TPSA) is 40.1 Å². The zero-order valence-corrected chi connectivity index (χ0v) is 19.4. The van der Waals surface area contributed by atoms with Gasteiger partial charge in [-0.05, 0) is 30.5 Å². The van der Waals surface area contributed by atoms with Gasteiger partial charge in [-0.25, -0.2) is 0 Å². The zero-order valence-electron chi connectivity index (χ0n) is 15.8. The van der Waals surface area contributed by atoms with Gasteiger partial charge >= 0.3 is 29.6 Å². The van der Waals surface area contributed by atoms with Crippen molar-refractivity contribution >= 4 is 29.3 Å². The summed E-state index contributed by atoms with van der Waals surface area (Å²) in [6.45, 7) is 2.26. The van der Waals surface area contributed by atoms with E-state index in [0.29, 0.717) is 0 Å². The molecule has 0 bridgehead atoms. The van der Waals surface area contributed by atoms with Crippen LogP contribution in [0.3, 0.4) is 0 Å². The third kappa shape index (κ3) is 13.2. The number of thioether (sulfide) groups is 1. The Morgan fingerprint density at radius 1 is 1.00 bits per heavy atom. The summed E-state index contributed by atoms with van der Waals surface area (Å²) >= 11 is 7.54. The summed E-state index contributed by atoms with van der Waals surface area (Å²) in [7, 11) is 0. The molecule has 136 valence electrons. The van der Waals surface area contributed by atoms with Crippen molar-refractivity contribution in [2.24, 2.45) is 0 Å². The number of unbranched alkanes of at least 4 members (excludes halogenated alkanes) is 9. The Hall–Kier alpha value is 0.330. The molecular weight excluding hydrogens is 363 g/mol. The Bertz CT molecular complexity index is 483. The van der Waals surface area contributed by atoms with Crippen molar-refractivity contribution < 1.29 is 39.5 Å². The molecule has 1 aromatic rings. The molecule has 0 aliphatic heterocycles. The molecule has 0 fully saturated rings. The molecule has 0 N–H and O–H groups in total. The number of carboxylic acid groups (broad SMARTS) is 1. The van der Waals surface area contributed by atoms with Crippen molar-refractivity contribution in [1.29, 1.82) is 0 Å². The summed E-state index contributed by atoms with van der Waals surface area (Å²) in [5.41, 5.74) is 1.16. The summed E-state index contributed by atoms with van der Waals surface area (Å²) < 4.78 is 0. The van der Waals surface area contributed by atoms with Gasteiger partial charge < -0.3 is 9.90 Å².